The van der Waals surface area contributed by atoms with Crippen LogP contribution in [0.25, 0.3) is 0 Å². The first-order valence-corrected chi connectivity index (χ1v) is 3.61. The van der Waals surface area contributed by atoms with Gasteiger partial charge >= 0.3 is 0 Å². The van der Waals surface area contributed by atoms with Crippen molar-refractivity contribution < 1.29 is 8.42 Å². The molecule has 0 fully saturated rings. The minimum absolute atomic E-state index is 0.00981. The Morgan fingerprint density at radius 2 is 2.12 bits per heavy atom. The highest BCUT2D eigenvalue weighted by Crippen LogP contribution is 1.80. The maximum absolute atomic E-state index is 10.2. The van der Waals surface area contributed by atoms with Crippen molar-refractivity contribution in [3.8, 4) is 5.40 Å². The zero-order valence-electron chi connectivity index (χ0n) is 4.16. The molecule has 0 atom stereocenters. The molecule has 0 amide bonds. The van der Waals surface area contributed by atoms with Gasteiger partial charge in [-0.3, -0.25) is 0 Å². The molecule has 5 heteroatoms. The molecule has 0 aliphatic heterocycles. The topological polar surface area (TPSA) is 84.0 Å². The third-order valence-corrected chi connectivity index (χ3v) is 1.58. The van der Waals surface area contributed by atoms with Gasteiger partial charge in [-0.25, -0.2) is 8.42 Å². The fourth-order valence-corrected chi connectivity index (χ4v) is 0.602. The number of rotatable bonds is 2. The Balaban J connectivity index is 4.02. The van der Waals surface area contributed by atoms with Crippen LogP contribution >= 0.6 is 0 Å². The quantitative estimate of drug-likeness (QED) is 0.381. The molecule has 0 saturated carbocycles. The van der Waals surface area contributed by atoms with Gasteiger partial charge < -0.3 is 5.73 Å². The number of nitriles is 1. The number of nitrogens with zero attached hydrogens (tertiary/aromatic N) is 1. The van der Waals surface area contributed by atoms with Gasteiger partial charge in [-0.15, -0.1) is 0 Å². The van der Waals surface area contributed by atoms with Crippen LogP contribution in [0, 0.1) is 10.7 Å². The largest absolute Gasteiger partial charge is 0.329 e. The van der Waals surface area contributed by atoms with E-state index in [1.165, 1.54) is 0 Å². The summed E-state index contributed by atoms with van der Waals surface area (Å²) < 4.78 is 20.3. The summed E-state index contributed by atoms with van der Waals surface area (Å²) in [6.45, 7) is 0.00981. The summed E-state index contributed by atoms with van der Waals surface area (Å²) in [6.07, 6.45) is 0. The van der Waals surface area contributed by atoms with E-state index in [9.17, 15) is 8.42 Å². The second-order valence-corrected chi connectivity index (χ2v) is 3.02. The Labute approximate surface area is 47.8 Å². The maximum Gasteiger partial charge on any atom is 0.242 e. The molecule has 0 spiro atoms. The van der Waals surface area contributed by atoms with Crippen molar-refractivity contribution in [2.24, 2.45) is 5.73 Å². The van der Waals surface area contributed by atoms with E-state index in [-0.39, 0.29) is 12.3 Å². The van der Waals surface area contributed by atoms with Gasteiger partial charge in [0.05, 0.1) is 5.75 Å². The number of nitrogens with two attached hydrogens (primary N) is 1. The number of thiocyanates is 1. The lowest BCUT2D eigenvalue weighted by Gasteiger charge is -1.84. The highest BCUT2D eigenvalue weighted by atomic mass is 32.2. The van der Waals surface area contributed by atoms with E-state index in [1.54, 1.807) is 0 Å². The van der Waals surface area contributed by atoms with Crippen molar-refractivity contribution in [1.82, 2.24) is 0 Å². The number of sulfone groups is 1. The highest BCUT2D eigenvalue weighted by Gasteiger charge is 2.03. The van der Waals surface area contributed by atoms with E-state index in [0.717, 1.165) is 5.40 Å². The van der Waals surface area contributed by atoms with Crippen molar-refractivity contribution in [3.05, 3.63) is 0 Å². The Bertz CT molecular complexity index is 188. The van der Waals surface area contributed by atoms with Gasteiger partial charge in [0.15, 0.2) is 5.40 Å². The zero-order chi connectivity index (χ0) is 6.62. The molecule has 0 radical (unpaired) electrons. The van der Waals surface area contributed by atoms with Crippen molar-refractivity contribution in [2.75, 3.05) is 12.3 Å². The average molecular weight is 134 g/mol. The molecule has 0 rings (SSSR count). The molecule has 8 heavy (non-hydrogen) atoms. The predicted octanol–water partition coefficient (Wildman–Crippen LogP) is -1.16. The lowest BCUT2D eigenvalue weighted by Crippen LogP contribution is -2.13. The summed E-state index contributed by atoms with van der Waals surface area (Å²) in [5, 5.41) is 8.97. The molecule has 4 nitrogen and oxygen atoms in total. The van der Waals surface area contributed by atoms with Crippen LogP contribution < -0.4 is 5.73 Å². The Kier molecular flexibility index (Phi) is 2.45. The molecule has 0 bridgehead atoms. The molecule has 46 valence electrons. The van der Waals surface area contributed by atoms with Gasteiger partial charge in [0, 0.05) is 6.54 Å². The molecule has 0 saturated heterocycles. The molecule has 0 aromatic heterocycles. The van der Waals surface area contributed by atoms with E-state index >= 15 is 0 Å². The summed E-state index contributed by atoms with van der Waals surface area (Å²) in [5.41, 5.74) is 4.86. The van der Waals surface area contributed by atoms with Gasteiger partial charge in [0.25, 0.3) is 0 Å². The van der Waals surface area contributed by atoms with Crippen LogP contribution in [0.4, 0.5) is 0 Å². The molecule has 0 aliphatic carbocycles. The normalized spacial score (nSPS) is 10.5. The lowest BCUT2D eigenvalue weighted by atomic mass is 10.8. The second-order valence-electron chi connectivity index (χ2n) is 1.20. The van der Waals surface area contributed by atoms with Crippen molar-refractivity contribution in [2.45, 2.75) is 0 Å². The summed E-state index contributed by atoms with van der Waals surface area (Å²) >= 11 is 0. The third-order valence-electron chi connectivity index (χ3n) is 0.526. The maximum atomic E-state index is 10.2. The highest BCUT2D eigenvalue weighted by molar-refractivity contribution is 7.95. The van der Waals surface area contributed by atoms with Gasteiger partial charge in [-0.05, 0) is 0 Å². The fraction of sp³-hybridized carbons (Fsp3) is 0.667. The minimum atomic E-state index is -3.49. The van der Waals surface area contributed by atoms with E-state index in [0.29, 0.717) is 0 Å². The Morgan fingerprint density at radius 1 is 1.62 bits per heavy atom. The second kappa shape index (κ2) is 2.64. The van der Waals surface area contributed by atoms with Crippen LogP contribution in [-0.4, -0.2) is 20.7 Å². The molecule has 0 heterocycles. The number of hydrogen-bond acceptors (Lipinski definition) is 4. The third kappa shape index (κ3) is 2.55. The molecular weight excluding hydrogens is 128 g/mol. The van der Waals surface area contributed by atoms with E-state index in [4.69, 9.17) is 11.0 Å². The van der Waals surface area contributed by atoms with Crippen LogP contribution in [0.2, 0.25) is 0 Å². The standard InChI is InChI=1S/C3H6N2O2S/c4-1-2-8(6,7)3-5/h1-2,4H2. The van der Waals surface area contributed by atoms with Crippen LogP contribution in [-0.2, 0) is 9.84 Å². The molecule has 0 unspecified atom stereocenters. The van der Waals surface area contributed by atoms with Crippen LogP contribution in [0.3, 0.4) is 0 Å². The van der Waals surface area contributed by atoms with E-state index < -0.39 is 9.84 Å². The number of hydrogen-bond donors (Lipinski definition) is 1. The SMILES string of the molecule is N#CS(=O)(=O)CCN. The molecule has 0 aromatic carbocycles. The van der Waals surface area contributed by atoms with Crippen LogP contribution in [0.5, 0.6) is 0 Å². The lowest BCUT2D eigenvalue weighted by molar-refractivity contribution is 0.605. The first-order chi connectivity index (χ1) is 3.62. The predicted molar refractivity (Wildman–Crippen MR) is 28.5 cm³/mol. The van der Waals surface area contributed by atoms with Crippen molar-refractivity contribution in [3.63, 3.8) is 0 Å². The molecule has 0 aliphatic rings. The molecule has 2 N–H and O–H groups in total. The van der Waals surface area contributed by atoms with Gasteiger partial charge in [0.2, 0.25) is 9.84 Å². The minimum Gasteiger partial charge on any atom is -0.329 e. The fourth-order valence-electron chi connectivity index (χ4n) is 0.201. The van der Waals surface area contributed by atoms with Crippen LogP contribution in [0.1, 0.15) is 0 Å². The van der Waals surface area contributed by atoms with Gasteiger partial charge in [0.1, 0.15) is 0 Å². The van der Waals surface area contributed by atoms with Gasteiger partial charge in [-0.2, -0.15) is 5.26 Å². The Hall–Kier alpha value is -0.600. The van der Waals surface area contributed by atoms with E-state index in [2.05, 4.69) is 0 Å². The summed E-state index contributed by atoms with van der Waals surface area (Å²) in [5.74, 6) is -0.247. The molecule has 0 aromatic rings. The summed E-state index contributed by atoms with van der Waals surface area (Å²) in [6, 6.07) is 0. The first-order valence-electron chi connectivity index (χ1n) is 1.96. The van der Waals surface area contributed by atoms with E-state index in [1.807, 2.05) is 0 Å². The first kappa shape index (κ1) is 7.40. The summed E-state index contributed by atoms with van der Waals surface area (Å²) in [4.78, 5) is 0. The monoisotopic (exact) mass is 134 g/mol. The van der Waals surface area contributed by atoms with Gasteiger partial charge in [-0.1, -0.05) is 0 Å². The summed E-state index contributed by atoms with van der Waals surface area (Å²) in [7, 11) is -3.49. The Morgan fingerprint density at radius 3 is 2.25 bits per heavy atom. The zero-order valence-corrected chi connectivity index (χ0v) is 4.98. The smallest absolute Gasteiger partial charge is 0.242 e. The van der Waals surface area contributed by atoms with Crippen molar-refractivity contribution >= 4 is 9.84 Å². The average Bonchev–Trinajstić information content (AvgIpc) is 1.67. The van der Waals surface area contributed by atoms with Crippen molar-refractivity contribution in [1.29, 1.82) is 5.26 Å². The van der Waals surface area contributed by atoms with Crippen LogP contribution in [0.15, 0.2) is 0 Å². The molecular formula is C3H6N2O2S.